The number of imidazole rings is 2. The lowest BCUT2D eigenvalue weighted by Crippen LogP contribution is -2.26. The minimum atomic E-state index is -0.712. The summed E-state index contributed by atoms with van der Waals surface area (Å²) < 4.78 is 20.9. The van der Waals surface area contributed by atoms with E-state index in [4.69, 9.17) is 14.2 Å². The van der Waals surface area contributed by atoms with Gasteiger partial charge in [0.05, 0.1) is 49.9 Å². The molecule has 1 aromatic carbocycles. The summed E-state index contributed by atoms with van der Waals surface area (Å²) in [6.07, 6.45) is 5.16. The Morgan fingerprint density at radius 1 is 0.690 bits per heavy atom. The molecule has 4 heterocycles. The number of nitrogens with zero attached hydrogens (tertiary/aromatic N) is 6. The Morgan fingerprint density at radius 3 is 1.53 bits per heavy atom. The first kappa shape index (κ1) is 45.7. The number of aliphatic hydroxyl groups excluding tert-OH is 1. The van der Waals surface area contributed by atoms with Crippen molar-refractivity contribution >= 4 is 52.2 Å². The van der Waals surface area contributed by atoms with E-state index < -0.39 is 18.4 Å². The summed E-state index contributed by atoms with van der Waals surface area (Å²) in [4.78, 5) is 79.2. The number of rotatable bonds is 20. The first-order valence-electron chi connectivity index (χ1n) is 20.3. The van der Waals surface area contributed by atoms with E-state index >= 15 is 0 Å². The predicted octanol–water partition coefficient (Wildman–Crippen LogP) is 7.57. The second kappa shape index (κ2) is 21.7. The molecule has 58 heavy (non-hydrogen) atoms. The summed E-state index contributed by atoms with van der Waals surface area (Å²) in [6.45, 7) is 15.0. The van der Waals surface area contributed by atoms with Gasteiger partial charge < -0.3 is 19.3 Å². The lowest BCUT2D eigenvalue weighted by Gasteiger charge is -2.25. The van der Waals surface area contributed by atoms with Crippen molar-refractivity contribution in [1.82, 2.24) is 19.1 Å². The average Bonchev–Trinajstić information content (AvgIpc) is 3.84. The molecule has 1 N–H and O–H groups in total. The van der Waals surface area contributed by atoms with E-state index in [0.717, 1.165) is 25.7 Å². The van der Waals surface area contributed by atoms with Crippen molar-refractivity contribution in [2.45, 2.75) is 131 Å². The van der Waals surface area contributed by atoms with Gasteiger partial charge in [-0.3, -0.25) is 28.3 Å². The topological polar surface area (TPSA) is 194 Å². The second-order valence-electron chi connectivity index (χ2n) is 15.0. The minimum Gasteiger partial charge on any atom is -0.457 e. The van der Waals surface area contributed by atoms with Crippen molar-refractivity contribution in [1.29, 1.82) is 0 Å². The van der Waals surface area contributed by atoms with E-state index in [9.17, 15) is 29.1 Å². The Kier molecular flexibility index (Phi) is 17.1. The molecule has 314 valence electrons. The Morgan fingerprint density at radius 2 is 1.12 bits per heavy atom. The number of aromatic nitrogens is 4. The number of ketones is 4. The zero-order chi connectivity index (χ0) is 42.5. The molecule has 3 aromatic rings. The summed E-state index contributed by atoms with van der Waals surface area (Å²) in [5.74, 6) is -0.277. The molecule has 2 aliphatic heterocycles. The van der Waals surface area contributed by atoms with Gasteiger partial charge in [-0.1, -0.05) is 73.6 Å². The van der Waals surface area contributed by atoms with E-state index in [2.05, 4.69) is 20.0 Å². The van der Waals surface area contributed by atoms with Gasteiger partial charge in [-0.25, -0.2) is 24.7 Å². The van der Waals surface area contributed by atoms with E-state index in [1.54, 1.807) is 33.4 Å². The highest BCUT2D eigenvalue weighted by atomic mass is 16.6. The highest BCUT2D eigenvalue weighted by Gasteiger charge is 2.31. The number of carbonyl (C=O) groups excluding carboxylic acids is 5. The molecule has 0 radical (unpaired) electrons. The lowest BCUT2D eigenvalue weighted by molar-refractivity contribution is -0.121. The monoisotopic (exact) mass is 802 g/mol. The van der Waals surface area contributed by atoms with Crippen LogP contribution in [0.1, 0.15) is 151 Å². The Hall–Kier alpha value is -4.99. The number of Topliss-reactive ketones (excluding diaryl/α,β-unsaturated/α-hetero) is 4. The minimum absolute atomic E-state index is 0.000427. The van der Waals surface area contributed by atoms with Gasteiger partial charge in [-0.05, 0) is 37.8 Å². The van der Waals surface area contributed by atoms with Crippen molar-refractivity contribution < 1.29 is 43.3 Å². The van der Waals surface area contributed by atoms with E-state index in [0.29, 0.717) is 28.6 Å². The third-order valence-corrected chi connectivity index (χ3v) is 10.0. The van der Waals surface area contributed by atoms with Crippen LogP contribution in [0.2, 0.25) is 0 Å². The predicted molar refractivity (Wildman–Crippen MR) is 218 cm³/mol. The highest BCUT2D eigenvalue weighted by Crippen LogP contribution is 2.32. The summed E-state index contributed by atoms with van der Waals surface area (Å²) in [6, 6.07) is 8.71. The van der Waals surface area contributed by atoms with Gasteiger partial charge >= 0.3 is 5.97 Å². The number of ether oxygens (including phenoxy) is 3. The largest absolute Gasteiger partial charge is 0.457 e. The standard InChI is InChI=1S/C25H31N3O5.C18H27N3O4/c1-5-19(6-2)33-22(14-32-25(31)17-10-8-7-9-11-17)28-15-26-23-21(30)13-18(27-24(23)28)12-20(29)16(3)4;1-5-13(6-2)25-16(9-22)21-10-19-17-15(24)8-12(20-18(17)21)7-14(23)11(3)4/h7-11,15-16,19,22H,5-6,12-14H2,1-4H3;10-11,13,16,22H,5-9H2,1-4H3/t22-;16-/m11/s1. The summed E-state index contributed by atoms with van der Waals surface area (Å²) >= 11 is 0. The molecule has 0 aliphatic carbocycles. The van der Waals surface area contributed by atoms with E-state index in [1.807, 2.05) is 61.5 Å². The lowest BCUT2D eigenvalue weighted by atomic mass is 9.98. The van der Waals surface area contributed by atoms with Crippen LogP contribution in [-0.2, 0) is 23.8 Å². The SMILES string of the molecule is CCC(CC)O[C@H](CO)n1cnc2c1N=C(CC(=O)C(C)C)CC2=O.CCC(CC)O[C@H](COC(=O)c1ccccc1)n1cnc2c1N=C(CC(=O)C(C)C)CC2=O. The third-order valence-electron chi connectivity index (χ3n) is 10.0. The average molecular weight is 803 g/mol. The van der Waals surface area contributed by atoms with Crippen LogP contribution in [0.15, 0.2) is 53.0 Å². The fourth-order valence-corrected chi connectivity index (χ4v) is 6.27. The van der Waals surface area contributed by atoms with Crippen LogP contribution < -0.4 is 0 Å². The van der Waals surface area contributed by atoms with Crippen LogP contribution in [-0.4, -0.2) is 90.2 Å². The van der Waals surface area contributed by atoms with Gasteiger partial charge in [0.1, 0.15) is 18.2 Å². The fraction of sp³-hybridized carbons (Fsp3) is 0.558. The van der Waals surface area contributed by atoms with Crippen LogP contribution in [0, 0.1) is 11.8 Å². The molecule has 2 aromatic heterocycles. The highest BCUT2D eigenvalue weighted by molar-refractivity contribution is 6.19. The Balaban J connectivity index is 0.000000267. The normalized spacial score (nSPS) is 14.8. The molecular weight excluding hydrogens is 745 g/mol. The molecule has 0 spiro atoms. The van der Waals surface area contributed by atoms with Crippen molar-refractivity contribution in [3.8, 4) is 0 Å². The van der Waals surface area contributed by atoms with Crippen LogP contribution >= 0.6 is 0 Å². The molecule has 0 unspecified atom stereocenters. The van der Waals surface area contributed by atoms with Crippen molar-refractivity contribution in [3.05, 3.63) is 59.9 Å². The summed E-state index contributed by atoms with van der Waals surface area (Å²) in [7, 11) is 0. The zero-order valence-electron chi connectivity index (χ0n) is 35.0. The van der Waals surface area contributed by atoms with Crippen LogP contribution in [0.3, 0.4) is 0 Å². The Labute approximate surface area is 340 Å². The smallest absolute Gasteiger partial charge is 0.338 e. The molecule has 2 atom stereocenters. The van der Waals surface area contributed by atoms with Gasteiger partial charge in [0, 0.05) is 36.1 Å². The molecule has 5 rings (SSSR count). The molecule has 15 nitrogen and oxygen atoms in total. The van der Waals surface area contributed by atoms with E-state index in [1.165, 1.54) is 12.7 Å². The van der Waals surface area contributed by atoms with Gasteiger partial charge in [-0.2, -0.15) is 0 Å². The fourth-order valence-electron chi connectivity index (χ4n) is 6.27. The number of esters is 1. The molecular formula is C43H58N6O9. The van der Waals surface area contributed by atoms with Gasteiger partial charge in [0.15, 0.2) is 47.0 Å². The zero-order valence-corrected chi connectivity index (χ0v) is 35.0. The number of hydrogen-bond acceptors (Lipinski definition) is 13. The van der Waals surface area contributed by atoms with Gasteiger partial charge in [0.2, 0.25) is 0 Å². The van der Waals surface area contributed by atoms with Crippen LogP contribution in [0.4, 0.5) is 11.6 Å². The molecule has 2 aliphatic rings. The molecule has 0 amide bonds. The number of carbonyl (C=O) groups is 5. The van der Waals surface area contributed by atoms with Crippen molar-refractivity contribution in [3.63, 3.8) is 0 Å². The summed E-state index contributed by atoms with van der Waals surface area (Å²) in [5.41, 5.74) is 2.00. The van der Waals surface area contributed by atoms with Gasteiger partial charge in [-0.15, -0.1) is 0 Å². The number of hydrogen-bond donors (Lipinski definition) is 1. The molecule has 15 heteroatoms. The number of aliphatic imine (C=N–C) groups is 2. The maximum absolute atomic E-state index is 12.7. The van der Waals surface area contributed by atoms with E-state index in [-0.39, 0.29) is 97.5 Å². The van der Waals surface area contributed by atoms with Crippen LogP contribution in [0.25, 0.3) is 0 Å². The van der Waals surface area contributed by atoms with Gasteiger partial charge in [0.25, 0.3) is 0 Å². The molecule has 0 saturated carbocycles. The quantitative estimate of drug-likeness (QED) is 0.111. The molecule has 0 bridgehead atoms. The maximum atomic E-state index is 12.7. The van der Waals surface area contributed by atoms with Crippen molar-refractivity contribution in [2.24, 2.45) is 21.8 Å². The second-order valence-corrected chi connectivity index (χ2v) is 15.0. The maximum Gasteiger partial charge on any atom is 0.338 e. The third kappa shape index (κ3) is 11.8. The molecule has 0 saturated heterocycles. The first-order chi connectivity index (χ1) is 27.7. The Bertz CT molecular complexity index is 1950. The number of benzene rings is 1. The summed E-state index contributed by atoms with van der Waals surface area (Å²) in [5, 5.41) is 9.73. The first-order valence-corrected chi connectivity index (χ1v) is 20.3. The number of aliphatic hydroxyl groups is 1. The van der Waals surface area contributed by atoms with Crippen LogP contribution in [0.5, 0.6) is 0 Å². The number of fused-ring (bicyclic) bond motifs is 2. The molecule has 0 fully saturated rings. The van der Waals surface area contributed by atoms with Crippen molar-refractivity contribution in [2.75, 3.05) is 13.2 Å².